The second-order valence-corrected chi connectivity index (χ2v) is 5.71. The second-order valence-electron chi connectivity index (χ2n) is 5.71. The number of benzene rings is 2. The van der Waals surface area contributed by atoms with Crippen LogP contribution in [-0.2, 0) is 16.0 Å². The van der Waals surface area contributed by atoms with E-state index in [1.165, 1.54) is 6.07 Å². The maximum absolute atomic E-state index is 12.5. The first-order valence-electron chi connectivity index (χ1n) is 7.67. The van der Waals surface area contributed by atoms with Gasteiger partial charge in [0, 0.05) is 11.7 Å². The number of amides is 1. The molecule has 5 nitrogen and oxygen atoms in total. The molecule has 0 spiro atoms. The van der Waals surface area contributed by atoms with E-state index in [0.717, 1.165) is 17.7 Å². The number of esters is 1. The zero-order chi connectivity index (χ0) is 17.1. The van der Waals surface area contributed by atoms with Crippen LogP contribution < -0.4 is 4.90 Å². The molecule has 0 radical (unpaired) electrons. The number of nitrogens with zero attached hydrogens (tertiary/aromatic N) is 2. The molecular formula is C19H16N2O3. The van der Waals surface area contributed by atoms with Crippen molar-refractivity contribution in [1.82, 2.24) is 0 Å². The van der Waals surface area contributed by atoms with Gasteiger partial charge >= 0.3 is 5.97 Å². The zero-order valence-electron chi connectivity index (χ0n) is 13.2. The van der Waals surface area contributed by atoms with Gasteiger partial charge in [-0.05, 0) is 43.2 Å². The Morgan fingerprint density at radius 3 is 2.83 bits per heavy atom. The van der Waals surface area contributed by atoms with Crippen molar-refractivity contribution in [3.8, 4) is 6.07 Å². The van der Waals surface area contributed by atoms with Crippen LogP contribution in [0.25, 0.3) is 0 Å². The van der Waals surface area contributed by atoms with Crippen molar-refractivity contribution in [2.45, 2.75) is 19.4 Å². The number of carbonyl (C=O) groups is 2. The summed E-state index contributed by atoms with van der Waals surface area (Å²) in [5.41, 5.74) is 2.62. The lowest BCUT2D eigenvalue weighted by atomic mass is 10.1. The first-order valence-corrected chi connectivity index (χ1v) is 7.67. The van der Waals surface area contributed by atoms with Gasteiger partial charge in [0.1, 0.15) is 0 Å². The standard InChI is InChI=1S/C19H16N2O3/c1-13-9-15-6-2-3-8-17(15)21(13)18(22)12-24-19(23)16-7-4-5-14(10-16)11-20/h2-8,10,13H,9,12H2,1H3/t13-/m0/s1. The fourth-order valence-electron chi connectivity index (χ4n) is 2.94. The van der Waals surface area contributed by atoms with Gasteiger partial charge in [0.25, 0.3) is 5.91 Å². The minimum Gasteiger partial charge on any atom is -0.452 e. The van der Waals surface area contributed by atoms with Gasteiger partial charge in [-0.15, -0.1) is 0 Å². The summed E-state index contributed by atoms with van der Waals surface area (Å²) in [5.74, 6) is -0.863. The number of hydrogen-bond acceptors (Lipinski definition) is 4. The van der Waals surface area contributed by atoms with Crippen LogP contribution in [0, 0.1) is 11.3 Å². The van der Waals surface area contributed by atoms with Gasteiger partial charge in [-0.25, -0.2) is 4.79 Å². The van der Waals surface area contributed by atoms with E-state index >= 15 is 0 Å². The normalized spacial score (nSPS) is 15.5. The van der Waals surface area contributed by atoms with Crippen molar-refractivity contribution in [3.05, 3.63) is 65.2 Å². The highest BCUT2D eigenvalue weighted by atomic mass is 16.5. The number of carbonyl (C=O) groups excluding carboxylic acids is 2. The molecule has 24 heavy (non-hydrogen) atoms. The van der Waals surface area contributed by atoms with Gasteiger partial charge in [0.05, 0.1) is 17.2 Å². The summed E-state index contributed by atoms with van der Waals surface area (Å²) in [6.45, 7) is 1.64. The van der Waals surface area contributed by atoms with E-state index in [-0.39, 0.29) is 24.1 Å². The van der Waals surface area contributed by atoms with E-state index in [0.29, 0.717) is 5.56 Å². The largest absolute Gasteiger partial charge is 0.452 e. The van der Waals surface area contributed by atoms with Crippen LogP contribution >= 0.6 is 0 Å². The Morgan fingerprint density at radius 1 is 1.25 bits per heavy atom. The van der Waals surface area contributed by atoms with Gasteiger partial charge in [-0.3, -0.25) is 4.79 Å². The van der Waals surface area contributed by atoms with Crippen LogP contribution in [0.3, 0.4) is 0 Å². The molecule has 1 aliphatic heterocycles. The lowest BCUT2D eigenvalue weighted by Crippen LogP contribution is -2.38. The molecule has 0 aromatic heterocycles. The number of para-hydroxylation sites is 1. The van der Waals surface area contributed by atoms with Crippen LogP contribution in [0.5, 0.6) is 0 Å². The Bertz CT molecular complexity index is 839. The summed E-state index contributed by atoms with van der Waals surface area (Å²) in [6.07, 6.45) is 0.792. The van der Waals surface area contributed by atoms with Crippen LogP contribution in [0.15, 0.2) is 48.5 Å². The summed E-state index contributed by atoms with van der Waals surface area (Å²) in [7, 11) is 0. The molecule has 0 saturated heterocycles. The number of ether oxygens (including phenoxy) is 1. The summed E-state index contributed by atoms with van der Waals surface area (Å²) in [6, 6.07) is 15.9. The van der Waals surface area contributed by atoms with Gasteiger partial charge in [-0.2, -0.15) is 5.26 Å². The molecule has 0 bridgehead atoms. The Labute approximate surface area is 140 Å². The molecule has 3 rings (SSSR count). The van der Waals surface area contributed by atoms with Crippen LogP contribution in [0.4, 0.5) is 5.69 Å². The molecule has 0 N–H and O–H groups in total. The van der Waals surface area contributed by atoms with E-state index in [1.807, 2.05) is 37.3 Å². The lowest BCUT2D eigenvalue weighted by Gasteiger charge is -2.22. The monoisotopic (exact) mass is 320 g/mol. The zero-order valence-corrected chi connectivity index (χ0v) is 13.2. The average molecular weight is 320 g/mol. The van der Waals surface area contributed by atoms with Gasteiger partial charge in [0.2, 0.25) is 0 Å². The molecule has 0 fully saturated rings. The molecule has 1 amide bonds. The molecule has 2 aromatic carbocycles. The number of hydrogen-bond donors (Lipinski definition) is 0. The molecule has 0 aliphatic carbocycles. The first-order chi connectivity index (χ1) is 11.6. The molecule has 120 valence electrons. The quantitative estimate of drug-likeness (QED) is 0.815. The predicted octanol–water partition coefficient (Wildman–Crippen LogP) is 2.69. The van der Waals surface area contributed by atoms with Crippen molar-refractivity contribution < 1.29 is 14.3 Å². The van der Waals surface area contributed by atoms with E-state index < -0.39 is 5.97 Å². The van der Waals surface area contributed by atoms with E-state index in [1.54, 1.807) is 23.1 Å². The molecule has 5 heteroatoms. The smallest absolute Gasteiger partial charge is 0.338 e. The third-order valence-corrected chi connectivity index (χ3v) is 4.03. The average Bonchev–Trinajstić information content (AvgIpc) is 2.95. The maximum atomic E-state index is 12.5. The van der Waals surface area contributed by atoms with E-state index in [9.17, 15) is 9.59 Å². The third kappa shape index (κ3) is 2.99. The molecule has 1 heterocycles. The van der Waals surface area contributed by atoms with Crippen molar-refractivity contribution in [2.75, 3.05) is 11.5 Å². The molecular weight excluding hydrogens is 304 g/mol. The summed E-state index contributed by atoms with van der Waals surface area (Å²) >= 11 is 0. The fourth-order valence-corrected chi connectivity index (χ4v) is 2.94. The number of anilines is 1. The molecule has 1 aliphatic rings. The highest BCUT2D eigenvalue weighted by Crippen LogP contribution is 2.31. The molecule has 0 unspecified atom stereocenters. The minimum absolute atomic E-state index is 0.0375. The van der Waals surface area contributed by atoms with Gasteiger partial charge < -0.3 is 9.64 Å². The summed E-state index contributed by atoms with van der Waals surface area (Å²) in [5, 5.41) is 8.86. The Balaban J connectivity index is 1.68. The van der Waals surface area contributed by atoms with Crippen molar-refractivity contribution in [3.63, 3.8) is 0 Å². The maximum Gasteiger partial charge on any atom is 0.338 e. The molecule has 2 aromatic rings. The van der Waals surface area contributed by atoms with Crippen LogP contribution in [-0.4, -0.2) is 24.5 Å². The summed E-state index contributed by atoms with van der Waals surface area (Å²) in [4.78, 5) is 26.2. The minimum atomic E-state index is -0.611. The lowest BCUT2D eigenvalue weighted by molar-refractivity contribution is -0.122. The topological polar surface area (TPSA) is 70.4 Å². The van der Waals surface area contributed by atoms with Crippen LogP contribution in [0.2, 0.25) is 0 Å². The summed E-state index contributed by atoms with van der Waals surface area (Å²) < 4.78 is 5.13. The van der Waals surface area contributed by atoms with E-state index in [2.05, 4.69) is 0 Å². The fraction of sp³-hybridized carbons (Fsp3) is 0.211. The van der Waals surface area contributed by atoms with E-state index in [4.69, 9.17) is 10.00 Å². The third-order valence-electron chi connectivity index (χ3n) is 4.03. The van der Waals surface area contributed by atoms with Gasteiger partial charge in [0.15, 0.2) is 6.61 Å². The predicted molar refractivity (Wildman–Crippen MR) is 88.5 cm³/mol. The first kappa shape index (κ1) is 15.8. The number of rotatable bonds is 3. The second kappa shape index (κ2) is 6.55. The number of nitriles is 1. The SMILES string of the molecule is C[C@H]1Cc2ccccc2N1C(=O)COC(=O)c1cccc(C#N)c1. The molecule has 1 atom stereocenters. The Morgan fingerprint density at radius 2 is 2.04 bits per heavy atom. The Hall–Kier alpha value is -3.13. The Kier molecular flexibility index (Phi) is 4.30. The van der Waals surface area contributed by atoms with Crippen molar-refractivity contribution in [1.29, 1.82) is 5.26 Å². The number of fused-ring (bicyclic) bond motifs is 1. The highest BCUT2D eigenvalue weighted by molar-refractivity contribution is 5.99. The molecule has 0 saturated carbocycles. The van der Waals surface area contributed by atoms with Crippen molar-refractivity contribution in [2.24, 2.45) is 0 Å². The van der Waals surface area contributed by atoms with Crippen LogP contribution in [0.1, 0.15) is 28.4 Å². The van der Waals surface area contributed by atoms with Gasteiger partial charge in [-0.1, -0.05) is 24.3 Å². The highest BCUT2D eigenvalue weighted by Gasteiger charge is 2.30. The van der Waals surface area contributed by atoms with Crippen molar-refractivity contribution >= 4 is 17.6 Å².